The van der Waals surface area contributed by atoms with Crippen LogP contribution in [0.1, 0.15) is 6.42 Å². The number of nitrogens with one attached hydrogen (secondary N) is 1. The molecule has 1 aliphatic carbocycles. The van der Waals surface area contributed by atoms with Crippen LogP contribution in [0.5, 0.6) is 0 Å². The minimum Gasteiger partial charge on any atom is -0.468 e. The highest BCUT2D eigenvalue weighted by Crippen LogP contribution is 2.45. The molecule has 2 atom stereocenters. The Morgan fingerprint density at radius 3 is 2.31 bits per heavy atom. The molecule has 94 valence electrons. The third-order valence-corrected chi connectivity index (χ3v) is 2.98. The molecule has 16 heavy (non-hydrogen) atoms. The van der Waals surface area contributed by atoms with E-state index < -0.39 is 13.4 Å². The Labute approximate surface area is 107 Å². The van der Waals surface area contributed by atoms with Crippen molar-refractivity contribution >= 4 is 36.7 Å². The fourth-order valence-corrected chi connectivity index (χ4v) is 1.98. The molecule has 0 aliphatic heterocycles. The molecule has 0 aromatic carbocycles. The first kappa shape index (κ1) is 16.0. The van der Waals surface area contributed by atoms with E-state index in [4.69, 9.17) is 19.2 Å². The first-order valence-corrected chi connectivity index (χ1v) is 6.72. The van der Waals surface area contributed by atoms with Crippen LogP contribution in [-0.2, 0) is 14.1 Å². The molecule has 1 saturated carbocycles. The van der Waals surface area contributed by atoms with Crippen molar-refractivity contribution in [3.8, 4) is 0 Å². The lowest BCUT2D eigenvalue weighted by atomic mass is 10.2. The first-order valence-electron chi connectivity index (χ1n) is 4.08. The highest BCUT2D eigenvalue weighted by atomic mass is 127. The van der Waals surface area contributed by atoms with Crippen LogP contribution >= 0.6 is 30.7 Å². The van der Waals surface area contributed by atoms with Crippen LogP contribution in [0.3, 0.4) is 0 Å². The molecule has 0 saturated heterocycles. The summed E-state index contributed by atoms with van der Waals surface area (Å²) in [4.78, 5) is 32.7. The molecule has 2 unspecified atom stereocenters. The number of ether oxygens (including phenoxy) is 1. The lowest BCUT2D eigenvalue weighted by Crippen LogP contribution is -2.36. The summed E-state index contributed by atoms with van der Waals surface area (Å²) in [6.07, 6.45) is 2.58. The summed E-state index contributed by atoms with van der Waals surface area (Å²) in [6, 6.07) is 0. The van der Waals surface area contributed by atoms with Crippen molar-refractivity contribution in [1.29, 1.82) is 0 Å². The normalized spacial score (nSPS) is 27.4. The van der Waals surface area contributed by atoms with Crippen molar-refractivity contribution in [2.75, 3.05) is 7.11 Å². The van der Waals surface area contributed by atoms with E-state index in [9.17, 15) is 4.79 Å². The summed E-state index contributed by atoms with van der Waals surface area (Å²) in [5.41, 5.74) is -0.475. The van der Waals surface area contributed by atoms with Crippen molar-refractivity contribution in [3.63, 3.8) is 0 Å². The molecule has 0 spiro atoms. The Hall–Kier alpha value is 0.01000. The van der Waals surface area contributed by atoms with Gasteiger partial charge in [-0.15, -0.1) is 6.58 Å². The van der Waals surface area contributed by atoms with E-state index >= 15 is 0 Å². The molecule has 7 nitrogen and oxygen atoms in total. The van der Waals surface area contributed by atoms with Gasteiger partial charge < -0.3 is 19.4 Å². The van der Waals surface area contributed by atoms with Crippen molar-refractivity contribution in [3.05, 3.63) is 12.7 Å². The average Bonchev–Trinajstić information content (AvgIpc) is 2.89. The molecule has 4 N–H and O–H groups in total. The number of phosphoric acid groups is 1. The quantitative estimate of drug-likeness (QED) is 0.185. The standard InChI is InChI=1S/C7H10INO2.H3O4P/c1-3-5-4-7(5,9-8)6(10)11-2;1-5(2,3)4/h3,5,9H,1,4H2,2H3;(H3,1,2,3,4). The summed E-state index contributed by atoms with van der Waals surface area (Å²) in [6.45, 7) is 3.63. The van der Waals surface area contributed by atoms with E-state index in [0.29, 0.717) is 0 Å². The SMILES string of the molecule is C=CC1CC1(NI)C(=O)OC.O=P(O)(O)O. The lowest BCUT2D eigenvalue weighted by molar-refractivity contribution is -0.143. The van der Waals surface area contributed by atoms with Crippen LogP contribution in [0.2, 0.25) is 0 Å². The van der Waals surface area contributed by atoms with Gasteiger partial charge in [0.15, 0.2) is 0 Å². The number of rotatable bonds is 3. The van der Waals surface area contributed by atoms with E-state index in [1.807, 2.05) is 22.9 Å². The summed E-state index contributed by atoms with van der Waals surface area (Å²) >= 11 is 1.97. The van der Waals surface area contributed by atoms with Crippen LogP contribution in [0, 0.1) is 5.92 Å². The number of methoxy groups -OCH3 is 1. The maximum absolute atomic E-state index is 11.2. The van der Waals surface area contributed by atoms with Crippen molar-refractivity contribution in [1.82, 2.24) is 3.53 Å². The van der Waals surface area contributed by atoms with Gasteiger partial charge >= 0.3 is 13.8 Å². The number of carbonyl (C=O) groups excluding carboxylic acids is 1. The number of esters is 1. The van der Waals surface area contributed by atoms with Crippen molar-refractivity contribution in [2.45, 2.75) is 12.0 Å². The summed E-state index contributed by atoms with van der Waals surface area (Å²) in [7, 11) is -3.24. The van der Waals surface area contributed by atoms with Gasteiger partial charge in [-0.25, -0.2) is 8.10 Å². The second-order valence-corrected chi connectivity index (χ2v) is 4.68. The first-order chi connectivity index (χ1) is 7.21. The van der Waals surface area contributed by atoms with Gasteiger partial charge in [-0.2, -0.15) is 0 Å². The highest BCUT2D eigenvalue weighted by Gasteiger charge is 2.59. The molecular formula is C7H13INO6P. The maximum atomic E-state index is 11.2. The Morgan fingerprint density at radius 2 is 2.12 bits per heavy atom. The number of hydrogen-bond donors (Lipinski definition) is 4. The molecular weight excluding hydrogens is 352 g/mol. The van der Waals surface area contributed by atoms with E-state index in [2.05, 4.69) is 14.8 Å². The summed E-state index contributed by atoms with van der Waals surface area (Å²) in [5, 5.41) is 0. The third kappa shape index (κ3) is 4.89. The van der Waals surface area contributed by atoms with Gasteiger partial charge in [0.05, 0.1) is 7.11 Å². The van der Waals surface area contributed by atoms with Gasteiger partial charge in [0.25, 0.3) is 0 Å². The predicted octanol–water partition coefficient (Wildman–Crippen LogP) is 0.115. The molecule has 0 bridgehead atoms. The van der Waals surface area contributed by atoms with Crippen molar-refractivity contribution < 1.29 is 28.8 Å². The topological polar surface area (TPSA) is 116 Å². The monoisotopic (exact) mass is 365 g/mol. The lowest BCUT2D eigenvalue weighted by Gasteiger charge is -2.10. The molecule has 0 heterocycles. The van der Waals surface area contributed by atoms with Crippen LogP contribution in [-0.4, -0.2) is 33.3 Å². The van der Waals surface area contributed by atoms with Gasteiger partial charge in [0, 0.05) is 28.8 Å². The van der Waals surface area contributed by atoms with Crippen LogP contribution in [0.4, 0.5) is 0 Å². The van der Waals surface area contributed by atoms with E-state index in [0.717, 1.165) is 6.42 Å². The minimum atomic E-state index is -4.64. The summed E-state index contributed by atoms with van der Waals surface area (Å²) in [5.74, 6) is 0.0312. The Kier molecular flexibility index (Phi) is 6.09. The third-order valence-electron chi connectivity index (χ3n) is 2.02. The summed E-state index contributed by atoms with van der Waals surface area (Å²) < 4.78 is 16.5. The van der Waals surface area contributed by atoms with E-state index in [1.54, 1.807) is 6.08 Å². The number of halogens is 1. The average molecular weight is 365 g/mol. The van der Waals surface area contributed by atoms with Gasteiger partial charge in [0.1, 0.15) is 5.54 Å². The Balaban J connectivity index is 0.000000385. The molecule has 1 fully saturated rings. The van der Waals surface area contributed by atoms with Crippen LogP contribution < -0.4 is 3.53 Å². The van der Waals surface area contributed by atoms with Crippen LogP contribution in [0.25, 0.3) is 0 Å². The zero-order chi connectivity index (χ0) is 13.0. The Morgan fingerprint density at radius 1 is 1.69 bits per heavy atom. The second-order valence-electron chi connectivity index (χ2n) is 3.12. The number of carbonyl (C=O) groups is 1. The van der Waals surface area contributed by atoms with E-state index in [-0.39, 0.29) is 11.9 Å². The van der Waals surface area contributed by atoms with Crippen molar-refractivity contribution in [2.24, 2.45) is 5.92 Å². The second kappa shape index (κ2) is 6.08. The fraction of sp³-hybridized carbons (Fsp3) is 0.571. The maximum Gasteiger partial charge on any atom is 0.466 e. The molecule has 0 aromatic rings. The van der Waals surface area contributed by atoms with E-state index in [1.165, 1.54) is 7.11 Å². The zero-order valence-corrected chi connectivity index (χ0v) is 11.5. The molecule has 0 radical (unpaired) electrons. The molecule has 9 heteroatoms. The Bertz CT molecular complexity index is 310. The van der Waals surface area contributed by atoms with Crippen LogP contribution in [0.15, 0.2) is 12.7 Å². The molecule has 1 rings (SSSR count). The zero-order valence-electron chi connectivity index (χ0n) is 8.46. The minimum absolute atomic E-state index is 0.197. The highest BCUT2D eigenvalue weighted by molar-refractivity contribution is 14.1. The van der Waals surface area contributed by atoms with Gasteiger partial charge in [-0.05, 0) is 6.42 Å². The van der Waals surface area contributed by atoms with Gasteiger partial charge in [0.2, 0.25) is 0 Å². The smallest absolute Gasteiger partial charge is 0.466 e. The predicted molar refractivity (Wildman–Crippen MR) is 64.5 cm³/mol. The molecule has 1 aliphatic rings. The molecule has 0 amide bonds. The van der Waals surface area contributed by atoms with Gasteiger partial charge in [-0.3, -0.25) is 4.79 Å². The fourth-order valence-electron chi connectivity index (χ4n) is 1.14. The molecule has 0 aromatic heterocycles. The largest absolute Gasteiger partial charge is 0.468 e. The van der Waals surface area contributed by atoms with Gasteiger partial charge in [-0.1, -0.05) is 6.08 Å². The number of hydrogen-bond acceptors (Lipinski definition) is 4.